The summed E-state index contributed by atoms with van der Waals surface area (Å²) in [5, 5.41) is 1.82. The number of para-hydroxylation sites is 1. The first kappa shape index (κ1) is 17.2. The lowest BCUT2D eigenvalue weighted by molar-refractivity contribution is -0.118. The maximum atomic E-state index is 12.5. The van der Waals surface area contributed by atoms with E-state index in [1.54, 1.807) is 38.1 Å². The van der Waals surface area contributed by atoms with E-state index in [0.717, 1.165) is 6.08 Å². The molecule has 0 spiro atoms. The zero-order valence-corrected chi connectivity index (χ0v) is 13.4. The van der Waals surface area contributed by atoms with E-state index in [1.165, 1.54) is 0 Å². The van der Waals surface area contributed by atoms with E-state index >= 15 is 0 Å². The molecular formula is C15H14Cl2F3NO. The zero-order valence-electron chi connectivity index (χ0n) is 11.8. The number of allylic oxidation sites excluding steroid dienone is 2. The standard InChI is InChI=1S/C15H14Cl2F3NO/c1-14(2)8(7-11(17)15(18,19)20)12(14)13(22)21-10-6-4-3-5-9(10)16/h3-8,12H,1-2H3,(H,21,22)/b11-7+. The van der Waals surface area contributed by atoms with Gasteiger partial charge in [-0.1, -0.05) is 55.3 Å². The molecule has 2 atom stereocenters. The van der Waals surface area contributed by atoms with Crippen LogP contribution in [0.25, 0.3) is 0 Å². The van der Waals surface area contributed by atoms with Crippen molar-refractivity contribution in [1.29, 1.82) is 0 Å². The minimum absolute atomic E-state index is 0.369. The van der Waals surface area contributed by atoms with Gasteiger partial charge in [0.1, 0.15) is 5.03 Å². The van der Waals surface area contributed by atoms with Crippen molar-refractivity contribution in [3.8, 4) is 0 Å². The van der Waals surface area contributed by atoms with Gasteiger partial charge in [-0.25, -0.2) is 0 Å². The van der Waals surface area contributed by atoms with Crippen molar-refractivity contribution < 1.29 is 18.0 Å². The van der Waals surface area contributed by atoms with Crippen LogP contribution in [0.15, 0.2) is 35.4 Å². The number of alkyl halides is 3. The van der Waals surface area contributed by atoms with Gasteiger partial charge in [0.15, 0.2) is 0 Å². The molecule has 1 N–H and O–H groups in total. The SMILES string of the molecule is CC1(C)C(/C=C(/Cl)C(F)(F)F)C1C(=O)Nc1ccccc1Cl. The van der Waals surface area contributed by atoms with Gasteiger partial charge < -0.3 is 5.32 Å². The predicted octanol–water partition coefficient (Wildman–Crippen LogP) is 5.24. The Labute approximate surface area is 136 Å². The molecule has 2 nitrogen and oxygen atoms in total. The predicted molar refractivity (Wildman–Crippen MR) is 80.8 cm³/mol. The van der Waals surface area contributed by atoms with Crippen LogP contribution in [-0.2, 0) is 4.79 Å². The first-order valence-electron chi connectivity index (χ1n) is 6.55. The van der Waals surface area contributed by atoms with Gasteiger partial charge in [0, 0.05) is 0 Å². The van der Waals surface area contributed by atoms with E-state index in [9.17, 15) is 18.0 Å². The molecule has 0 saturated heterocycles. The minimum Gasteiger partial charge on any atom is -0.324 e. The van der Waals surface area contributed by atoms with Gasteiger partial charge >= 0.3 is 6.18 Å². The Morgan fingerprint density at radius 2 is 1.91 bits per heavy atom. The molecule has 1 fully saturated rings. The number of hydrogen-bond acceptors (Lipinski definition) is 1. The van der Waals surface area contributed by atoms with E-state index in [2.05, 4.69) is 5.32 Å². The number of benzene rings is 1. The molecule has 0 aromatic heterocycles. The first-order chi connectivity index (χ1) is 10.0. The molecule has 7 heteroatoms. The molecular weight excluding hydrogens is 338 g/mol. The number of amides is 1. The quantitative estimate of drug-likeness (QED) is 0.792. The van der Waals surface area contributed by atoms with Crippen molar-refractivity contribution in [3.05, 3.63) is 40.4 Å². The fourth-order valence-electron chi connectivity index (χ4n) is 2.51. The number of carbonyl (C=O) groups is 1. The van der Waals surface area contributed by atoms with E-state index in [4.69, 9.17) is 23.2 Å². The molecule has 22 heavy (non-hydrogen) atoms. The molecule has 120 valence electrons. The summed E-state index contributed by atoms with van der Waals surface area (Å²) in [7, 11) is 0. The summed E-state index contributed by atoms with van der Waals surface area (Å²) in [5.41, 5.74) is -0.155. The van der Waals surface area contributed by atoms with Gasteiger partial charge in [0.25, 0.3) is 0 Å². The lowest BCUT2D eigenvalue weighted by atomic mass is 10.1. The fraction of sp³-hybridized carbons (Fsp3) is 0.400. The average Bonchev–Trinajstić information content (AvgIpc) is 2.92. The van der Waals surface area contributed by atoms with Crippen molar-refractivity contribution in [2.75, 3.05) is 5.32 Å². The third-order valence-corrected chi connectivity index (χ3v) is 4.59. The summed E-state index contributed by atoms with van der Waals surface area (Å²) in [5.74, 6) is -1.52. The smallest absolute Gasteiger partial charge is 0.324 e. The third kappa shape index (κ3) is 3.41. The van der Waals surface area contributed by atoms with Crippen LogP contribution in [0.4, 0.5) is 18.9 Å². The molecule has 0 bridgehead atoms. The second-order valence-electron chi connectivity index (χ2n) is 5.81. The Morgan fingerprint density at radius 1 is 1.32 bits per heavy atom. The van der Waals surface area contributed by atoms with Crippen LogP contribution in [0.3, 0.4) is 0 Å². The van der Waals surface area contributed by atoms with Gasteiger partial charge in [0.05, 0.1) is 16.6 Å². The van der Waals surface area contributed by atoms with Crippen LogP contribution in [0.5, 0.6) is 0 Å². The van der Waals surface area contributed by atoms with E-state index in [-0.39, 0.29) is 5.91 Å². The topological polar surface area (TPSA) is 29.1 Å². The van der Waals surface area contributed by atoms with Gasteiger partial charge in [-0.2, -0.15) is 13.2 Å². The molecule has 1 aromatic rings. The Balaban J connectivity index is 2.13. The largest absolute Gasteiger partial charge is 0.426 e. The summed E-state index contributed by atoms with van der Waals surface area (Å²) < 4.78 is 37.5. The molecule has 2 unspecified atom stereocenters. The van der Waals surface area contributed by atoms with E-state index in [0.29, 0.717) is 10.7 Å². The summed E-state index contributed by atoms with van der Waals surface area (Å²) in [6.07, 6.45) is -3.68. The molecule has 1 saturated carbocycles. The maximum Gasteiger partial charge on any atom is 0.426 e. The first-order valence-corrected chi connectivity index (χ1v) is 7.30. The normalized spacial score (nSPS) is 24.0. The number of rotatable bonds is 3. The van der Waals surface area contributed by atoms with Crippen molar-refractivity contribution in [2.45, 2.75) is 20.0 Å². The average molecular weight is 352 g/mol. The zero-order chi connectivity index (χ0) is 16.7. The Hall–Kier alpha value is -1.20. The number of nitrogens with one attached hydrogen (secondary N) is 1. The lowest BCUT2D eigenvalue weighted by Crippen LogP contribution is -2.17. The molecule has 0 aliphatic heterocycles. The Kier molecular flexibility index (Phi) is 4.51. The highest BCUT2D eigenvalue weighted by Gasteiger charge is 2.61. The van der Waals surface area contributed by atoms with Crippen molar-refractivity contribution >= 4 is 34.8 Å². The lowest BCUT2D eigenvalue weighted by Gasteiger charge is -2.07. The Bertz CT molecular complexity index is 625. The van der Waals surface area contributed by atoms with Gasteiger partial charge in [-0.15, -0.1) is 0 Å². The molecule has 1 aliphatic carbocycles. The highest BCUT2D eigenvalue weighted by molar-refractivity contribution is 6.33. The third-order valence-electron chi connectivity index (χ3n) is 3.92. The summed E-state index contributed by atoms with van der Waals surface area (Å²) >= 11 is 11.2. The van der Waals surface area contributed by atoms with Crippen LogP contribution in [0, 0.1) is 17.3 Å². The van der Waals surface area contributed by atoms with E-state index in [1.807, 2.05) is 0 Å². The molecule has 1 amide bonds. The molecule has 0 radical (unpaired) electrons. The monoisotopic (exact) mass is 351 g/mol. The van der Waals surface area contributed by atoms with Gasteiger partial charge in [0.2, 0.25) is 5.91 Å². The van der Waals surface area contributed by atoms with Crippen molar-refractivity contribution in [2.24, 2.45) is 17.3 Å². The second kappa shape index (κ2) is 5.78. The van der Waals surface area contributed by atoms with Crippen molar-refractivity contribution in [1.82, 2.24) is 0 Å². The van der Waals surface area contributed by atoms with Crippen LogP contribution < -0.4 is 5.32 Å². The number of anilines is 1. The van der Waals surface area contributed by atoms with Crippen LogP contribution in [-0.4, -0.2) is 12.1 Å². The van der Waals surface area contributed by atoms with E-state index < -0.39 is 28.5 Å². The summed E-state index contributed by atoms with van der Waals surface area (Å²) in [4.78, 5) is 12.3. The molecule has 1 aliphatic rings. The number of hydrogen-bond donors (Lipinski definition) is 1. The van der Waals surface area contributed by atoms with Gasteiger partial charge in [-0.3, -0.25) is 4.79 Å². The minimum atomic E-state index is -4.59. The van der Waals surface area contributed by atoms with Crippen molar-refractivity contribution in [3.63, 3.8) is 0 Å². The Morgan fingerprint density at radius 3 is 2.45 bits per heavy atom. The number of halogens is 5. The fourth-order valence-corrected chi connectivity index (χ4v) is 2.83. The molecule has 0 heterocycles. The van der Waals surface area contributed by atoms with Crippen LogP contribution in [0.2, 0.25) is 5.02 Å². The highest BCUT2D eigenvalue weighted by atomic mass is 35.5. The summed E-state index contributed by atoms with van der Waals surface area (Å²) in [6.45, 7) is 3.46. The molecule has 1 aromatic carbocycles. The molecule has 2 rings (SSSR count). The van der Waals surface area contributed by atoms with Crippen LogP contribution in [0.1, 0.15) is 13.8 Å². The van der Waals surface area contributed by atoms with Crippen LogP contribution >= 0.6 is 23.2 Å². The maximum absolute atomic E-state index is 12.5. The number of carbonyl (C=O) groups excluding carboxylic acids is 1. The summed E-state index contributed by atoms with van der Waals surface area (Å²) in [6, 6.07) is 6.67. The second-order valence-corrected chi connectivity index (χ2v) is 6.62. The highest BCUT2D eigenvalue weighted by Crippen LogP contribution is 2.60. The van der Waals surface area contributed by atoms with Gasteiger partial charge in [-0.05, 0) is 23.5 Å².